The van der Waals surface area contributed by atoms with Gasteiger partial charge in [-0.2, -0.15) is 0 Å². The predicted molar refractivity (Wildman–Crippen MR) is 85.6 cm³/mol. The number of aryl methyl sites for hydroxylation is 1. The van der Waals surface area contributed by atoms with Gasteiger partial charge in [0.2, 0.25) is 0 Å². The summed E-state index contributed by atoms with van der Waals surface area (Å²) in [5.41, 5.74) is 8.42. The van der Waals surface area contributed by atoms with Gasteiger partial charge in [0.1, 0.15) is 0 Å². The van der Waals surface area contributed by atoms with Gasteiger partial charge < -0.3 is 11.1 Å². The molecule has 6 heteroatoms. The molecule has 0 bridgehead atoms. The lowest BCUT2D eigenvalue weighted by Gasteiger charge is -2.09. The molecule has 0 aliphatic rings. The highest BCUT2D eigenvalue weighted by Crippen LogP contribution is 2.27. The molecule has 2 aromatic rings. The molecule has 0 atom stereocenters. The highest BCUT2D eigenvalue weighted by molar-refractivity contribution is 14.1. The number of hydrogen-bond acceptors (Lipinski definition) is 3. The summed E-state index contributed by atoms with van der Waals surface area (Å²) in [6, 6.07) is 5.26. The molecule has 2 rings (SSSR count). The Morgan fingerprint density at radius 2 is 2.17 bits per heavy atom. The molecule has 3 N–H and O–H groups in total. The van der Waals surface area contributed by atoms with Crippen LogP contribution in [0.1, 0.15) is 15.9 Å². The van der Waals surface area contributed by atoms with E-state index in [1.807, 2.05) is 18.4 Å². The van der Waals surface area contributed by atoms with E-state index in [0.717, 1.165) is 8.45 Å². The van der Waals surface area contributed by atoms with Crippen LogP contribution in [0.15, 0.2) is 23.6 Å². The Morgan fingerprint density at radius 3 is 2.78 bits per heavy atom. The van der Waals surface area contributed by atoms with E-state index in [2.05, 4.69) is 27.9 Å². The summed E-state index contributed by atoms with van der Waals surface area (Å²) in [4.78, 5) is 12.0. The van der Waals surface area contributed by atoms with Crippen molar-refractivity contribution in [3.63, 3.8) is 0 Å². The molecule has 1 aromatic heterocycles. The molecular formula is C12H10ClIN2OS. The van der Waals surface area contributed by atoms with E-state index in [0.29, 0.717) is 22.0 Å². The molecule has 0 spiro atoms. The summed E-state index contributed by atoms with van der Waals surface area (Å²) in [6.07, 6.45) is 0. The molecule has 1 aromatic carbocycles. The number of amides is 1. The second kappa shape index (κ2) is 5.46. The lowest BCUT2D eigenvalue weighted by Crippen LogP contribution is -2.12. The van der Waals surface area contributed by atoms with Crippen molar-refractivity contribution in [2.45, 2.75) is 6.92 Å². The zero-order valence-corrected chi connectivity index (χ0v) is 13.2. The molecule has 0 aliphatic heterocycles. The molecule has 0 unspecified atom stereocenters. The van der Waals surface area contributed by atoms with E-state index < -0.39 is 0 Å². The maximum Gasteiger partial charge on any atom is 0.256 e. The van der Waals surface area contributed by atoms with Gasteiger partial charge in [-0.05, 0) is 53.3 Å². The Labute approximate surface area is 127 Å². The Balaban J connectivity index is 2.24. The van der Waals surface area contributed by atoms with Crippen LogP contribution in [0.3, 0.4) is 0 Å². The number of carbonyl (C=O) groups excluding carboxylic acids is 1. The van der Waals surface area contributed by atoms with Crippen molar-refractivity contribution in [2.24, 2.45) is 0 Å². The van der Waals surface area contributed by atoms with Crippen LogP contribution in [0, 0.1) is 9.81 Å². The van der Waals surface area contributed by atoms with Crippen molar-refractivity contribution >= 4 is 62.8 Å². The molecule has 1 heterocycles. The summed E-state index contributed by atoms with van der Waals surface area (Å²) >= 11 is 9.66. The van der Waals surface area contributed by atoms with Crippen molar-refractivity contribution in [2.75, 3.05) is 11.1 Å². The molecule has 0 saturated heterocycles. The fraction of sp³-hybridized carbons (Fsp3) is 0.0833. The molecule has 0 radical (unpaired) electrons. The zero-order valence-electron chi connectivity index (χ0n) is 9.46. The van der Waals surface area contributed by atoms with Gasteiger partial charge in [0.25, 0.3) is 5.91 Å². The number of halogens is 2. The van der Waals surface area contributed by atoms with Gasteiger partial charge in [-0.3, -0.25) is 4.79 Å². The van der Waals surface area contributed by atoms with Crippen LogP contribution in [0.4, 0.5) is 11.4 Å². The normalized spacial score (nSPS) is 10.4. The molecule has 3 nitrogen and oxygen atoms in total. The first-order chi connectivity index (χ1) is 8.47. The van der Waals surface area contributed by atoms with E-state index in [1.54, 1.807) is 12.1 Å². The molecular weight excluding hydrogens is 383 g/mol. The van der Waals surface area contributed by atoms with Crippen LogP contribution in [0.2, 0.25) is 5.02 Å². The molecule has 18 heavy (non-hydrogen) atoms. The first kappa shape index (κ1) is 13.6. The molecule has 0 aliphatic carbocycles. The van der Waals surface area contributed by atoms with E-state index in [9.17, 15) is 4.79 Å². The first-order valence-corrected chi connectivity index (χ1v) is 7.42. The van der Waals surface area contributed by atoms with E-state index in [1.165, 1.54) is 11.3 Å². The number of hydrogen-bond donors (Lipinski definition) is 2. The first-order valence-electron chi connectivity index (χ1n) is 5.08. The Kier molecular flexibility index (Phi) is 4.14. The number of nitrogens with two attached hydrogens (primary N) is 1. The third-order valence-corrected chi connectivity index (χ3v) is 4.54. The lowest BCUT2D eigenvalue weighted by atomic mass is 10.1. The van der Waals surface area contributed by atoms with Crippen LogP contribution in [0.5, 0.6) is 0 Å². The largest absolute Gasteiger partial charge is 0.398 e. The second-order valence-electron chi connectivity index (χ2n) is 3.78. The molecule has 0 fully saturated rings. The van der Waals surface area contributed by atoms with Gasteiger partial charge in [-0.25, -0.2) is 0 Å². The average molecular weight is 393 g/mol. The minimum Gasteiger partial charge on any atom is -0.398 e. The predicted octanol–water partition coefficient (Wildman–Crippen LogP) is 4.15. The molecule has 1 amide bonds. The van der Waals surface area contributed by atoms with Gasteiger partial charge in [-0.1, -0.05) is 11.6 Å². The summed E-state index contributed by atoms with van der Waals surface area (Å²) in [5, 5.41) is 5.10. The van der Waals surface area contributed by atoms with Crippen molar-refractivity contribution in [1.29, 1.82) is 0 Å². The van der Waals surface area contributed by atoms with Crippen molar-refractivity contribution in [1.82, 2.24) is 0 Å². The number of benzene rings is 1. The third kappa shape index (κ3) is 2.96. The number of thiophene rings is 1. The monoisotopic (exact) mass is 392 g/mol. The number of nitrogen functional groups attached to an aromatic ring is 1. The Bertz CT molecular complexity index is 612. The van der Waals surface area contributed by atoms with Gasteiger partial charge >= 0.3 is 0 Å². The van der Waals surface area contributed by atoms with Gasteiger partial charge in [-0.15, -0.1) is 11.3 Å². The SMILES string of the molecule is Cc1cc(N)c(Cl)cc1NC(=O)c1csc(I)c1. The number of rotatable bonds is 2. The van der Waals surface area contributed by atoms with Crippen LogP contribution in [0.25, 0.3) is 0 Å². The van der Waals surface area contributed by atoms with Crippen molar-refractivity contribution in [3.8, 4) is 0 Å². The van der Waals surface area contributed by atoms with Crippen LogP contribution in [-0.2, 0) is 0 Å². The zero-order chi connectivity index (χ0) is 13.3. The Morgan fingerprint density at radius 1 is 1.44 bits per heavy atom. The van der Waals surface area contributed by atoms with Gasteiger partial charge in [0.05, 0.1) is 19.2 Å². The van der Waals surface area contributed by atoms with Crippen molar-refractivity contribution < 1.29 is 4.79 Å². The second-order valence-corrected chi connectivity index (χ2v) is 6.99. The quantitative estimate of drug-likeness (QED) is 0.596. The minimum atomic E-state index is -0.141. The standard InChI is InChI=1S/C12H10ClIN2OS/c1-6-2-9(15)8(13)4-10(6)16-12(17)7-3-11(14)18-5-7/h2-5H,15H2,1H3,(H,16,17). The smallest absolute Gasteiger partial charge is 0.256 e. The van der Waals surface area contributed by atoms with E-state index in [-0.39, 0.29) is 5.91 Å². The highest BCUT2D eigenvalue weighted by Gasteiger charge is 2.11. The molecule has 0 saturated carbocycles. The average Bonchev–Trinajstić information content (AvgIpc) is 2.73. The van der Waals surface area contributed by atoms with E-state index in [4.69, 9.17) is 17.3 Å². The van der Waals surface area contributed by atoms with Gasteiger partial charge in [0, 0.05) is 11.1 Å². The maximum absolute atomic E-state index is 12.0. The van der Waals surface area contributed by atoms with Crippen LogP contribution >= 0.6 is 45.5 Å². The fourth-order valence-electron chi connectivity index (χ4n) is 1.46. The Hall–Kier alpha value is -0.790. The summed E-state index contributed by atoms with van der Waals surface area (Å²) in [6.45, 7) is 1.87. The van der Waals surface area contributed by atoms with Crippen molar-refractivity contribution in [3.05, 3.63) is 42.6 Å². The summed E-state index contributed by atoms with van der Waals surface area (Å²) in [7, 11) is 0. The highest BCUT2D eigenvalue weighted by atomic mass is 127. The summed E-state index contributed by atoms with van der Waals surface area (Å²) in [5.74, 6) is -0.141. The van der Waals surface area contributed by atoms with Gasteiger partial charge in [0.15, 0.2) is 0 Å². The summed E-state index contributed by atoms with van der Waals surface area (Å²) < 4.78 is 1.07. The number of carbonyl (C=O) groups is 1. The topological polar surface area (TPSA) is 55.1 Å². The van der Waals surface area contributed by atoms with Crippen LogP contribution in [-0.4, -0.2) is 5.91 Å². The maximum atomic E-state index is 12.0. The lowest BCUT2D eigenvalue weighted by molar-refractivity contribution is 0.102. The molecule has 94 valence electrons. The van der Waals surface area contributed by atoms with Crippen LogP contribution < -0.4 is 11.1 Å². The number of anilines is 2. The fourth-order valence-corrected chi connectivity index (χ4v) is 2.95. The van der Waals surface area contributed by atoms with E-state index >= 15 is 0 Å². The minimum absolute atomic E-state index is 0.141. The third-order valence-electron chi connectivity index (χ3n) is 2.42. The number of nitrogens with one attached hydrogen (secondary N) is 1.